The van der Waals surface area contributed by atoms with Crippen LogP contribution in [0.4, 0.5) is 10.7 Å². The highest BCUT2D eigenvalue weighted by atomic mass is 32.2. The van der Waals surface area contributed by atoms with Gasteiger partial charge in [-0.25, -0.2) is 0 Å². The second-order valence-corrected chi connectivity index (χ2v) is 12.8. The van der Waals surface area contributed by atoms with Crippen molar-refractivity contribution in [1.29, 1.82) is 5.26 Å². The molecule has 9 nitrogen and oxygen atoms in total. The molecule has 1 aromatic heterocycles. The highest BCUT2D eigenvalue weighted by Gasteiger charge is 2.26. The van der Waals surface area contributed by atoms with E-state index in [0.29, 0.717) is 41.3 Å². The third-order valence-corrected chi connectivity index (χ3v) is 9.37. The molecule has 0 spiro atoms. The lowest BCUT2D eigenvalue weighted by atomic mass is 10.0. The van der Waals surface area contributed by atoms with E-state index in [1.807, 2.05) is 43.3 Å². The van der Waals surface area contributed by atoms with E-state index in [9.17, 15) is 24.4 Å². The summed E-state index contributed by atoms with van der Waals surface area (Å²) < 4.78 is 0. The normalized spacial score (nSPS) is 12.5. The molecule has 46 heavy (non-hydrogen) atoms. The van der Waals surface area contributed by atoms with Crippen molar-refractivity contribution in [2.24, 2.45) is 0 Å². The number of rotatable bonds is 9. The molecule has 0 bridgehead atoms. The van der Waals surface area contributed by atoms with Gasteiger partial charge in [-0.1, -0.05) is 54.1 Å². The first-order valence-electron chi connectivity index (χ1n) is 14.5. The highest BCUT2D eigenvalue weighted by molar-refractivity contribution is 8.00. The van der Waals surface area contributed by atoms with Gasteiger partial charge in [0, 0.05) is 34.5 Å². The number of nitrogens with zero attached hydrogens (tertiary/aromatic N) is 2. The standard InChI is InChI=1S/C35H31N5O4S2/c1-22-11-13-24(14-12-22)17-30(38-33(43)25-7-4-3-5-8-25)34(44)37-26-9-6-10-27(18-26)45-21-32(42)39-35-29(19-36)28-15-16-40(23(2)41)20-31(28)46-35/h3-14,17-18H,15-16,20-21H2,1-2H3,(H,37,44)(H,38,43)(H,39,42)/b30-17+. The Morgan fingerprint density at radius 2 is 1.76 bits per heavy atom. The Morgan fingerprint density at radius 3 is 2.48 bits per heavy atom. The van der Waals surface area contributed by atoms with Gasteiger partial charge in [-0.05, 0) is 60.9 Å². The minimum Gasteiger partial charge on any atom is -0.337 e. The van der Waals surface area contributed by atoms with Gasteiger partial charge in [0.15, 0.2) is 0 Å². The molecule has 5 rings (SSSR count). The molecule has 0 radical (unpaired) electrons. The lowest BCUT2D eigenvalue weighted by Crippen LogP contribution is -2.33. The summed E-state index contributed by atoms with van der Waals surface area (Å²) in [5.41, 5.74) is 4.17. The van der Waals surface area contributed by atoms with Crippen LogP contribution in [0, 0.1) is 18.3 Å². The van der Waals surface area contributed by atoms with Crippen LogP contribution in [0.25, 0.3) is 6.08 Å². The predicted octanol–water partition coefficient (Wildman–Crippen LogP) is 5.97. The molecule has 0 atom stereocenters. The van der Waals surface area contributed by atoms with E-state index in [-0.39, 0.29) is 23.3 Å². The molecular weight excluding hydrogens is 619 g/mol. The zero-order valence-electron chi connectivity index (χ0n) is 25.3. The largest absolute Gasteiger partial charge is 0.337 e. The molecule has 1 aliphatic heterocycles. The zero-order valence-corrected chi connectivity index (χ0v) is 26.9. The first-order chi connectivity index (χ1) is 22.2. The number of benzene rings is 3. The van der Waals surface area contributed by atoms with E-state index >= 15 is 0 Å². The molecule has 232 valence electrons. The van der Waals surface area contributed by atoms with Crippen LogP contribution in [0.1, 0.15) is 44.4 Å². The number of fused-ring (bicyclic) bond motifs is 1. The molecule has 11 heteroatoms. The molecule has 0 unspecified atom stereocenters. The topological polar surface area (TPSA) is 131 Å². The number of thiophene rings is 1. The molecule has 3 N–H and O–H groups in total. The van der Waals surface area contributed by atoms with Crippen molar-refractivity contribution in [2.75, 3.05) is 22.9 Å². The lowest BCUT2D eigenvalue weighted by Gasteiger charge is -2.25. The van der Waals surface area contributed by atoms with Gasteiger partial charge in [0.05, 0.1) is 17.9 Å². The van der Waals surface area contributed by atoms with Crippen molar-refractivity contribution >= 4 is 63.5 Å². The third kappa shape index (κ3) is 8.10. The van der Waals surface area contributed by atoms with Crippen LogP contribution in [0.5, 0.6) is 0 Å². The number of nitriles is 1. The Kier molecular flexibility index (Phi) is 10.3. The first-order valence-corrected chi connectivity index (χ1v) is 16.3. The van der Waals surface area contributed by atoms with Gasteiger partial charge in [-0.15, -0.1) is 23.1 Å². The second-order valence-electron chi connectivity index (χ2n) is 10.6. The molecule has 4 amide bonds. The van der Waals surface area contributed by atoms with Crippen molar-refractivity contribution in [3.05, 3.63) is 117 Å². The fourth-order valence-corrected chi connectivity index (χ4v) is 6.81. The van der Waals surface area contributed by atoms with Crippen LogP contribution in [0.2, 0.25) is 0 Å². The fourth-order valence-electron chi connectivity index (χ4n) is 4.82. The maximum absolute atomic E-state index is 13.4. The van der Waals surface area contributed by atoms with E-state index in [1.54, 1.807) is 53.4 Å². The minimum atomic E-state index is -0.501. The first kappa shape index (κ1) is 32.2. The van der Waals surface area contributed by atoms with Gasteiger partial charge < -0.3 is 20.9 Å². The summed E-state index contributed by atoms with van der Waals surface area (Å²) in [5.74, 6) is -1.13. The number of hydrogen-bond donors (Lipinski definition) is 3. The highest BCUT2D eigenvalue weighted by Crippen LogP contribution is 2.37. The summed E-state index contributed by atoms with van der Waals surface area (Å²) in [5, 5.41) is 18.7. The van der Waals surface area contributed by atoms with E-state index in [2.05, 4.69) is 22.0 Å². The Hall–Kier alpha value is -5.18. The quantitative estimate of drug-likeness (QED) is 0.151. The van der Waals surface area contributed by atoms with E-state index in [0.717, 1.165) is 26.5 Å². The van der Waals surface area contributed by atoms with Gasteiger partial charge in [-0.2, -0.15) is 5.26 Å². The summed E-state index contributed by atoms with van der Waals surface area (Å²) in [6, 6.07) is 25.5. The minimum absolute atomic E-state index is 0.0200. The van der Waals surface area contributed by atoms with E-state index in [1.165, 1.54) is 30.0 Å². The molecule has 0 aliphatic carbocycles. The van der Waals surface area contributed by atoms with Gasteiger partial charge >= 0.3 is 0 Å². The SMILES string of the molecule is CC(=O)N1CCc2c(sc(NC(=O)CSc3cccc(NC(=O)/C(=C\c4ccc(C)cc4)NC(=O)c4ccccc4)c3)c2C#N)C1. The molecule has 0 saturated heterocycles. The van der Waals surface area contributed by atoms with Crippen LogP contribution in [-0.2, 0) is 27.3 Å². The van der Waals surface area contributed by atoms with Crippen LogP contribution in [-0.4, -0.2) is 40.8 Å². The van der Waals surface area contributed by atoms with Crippen molar-refractivity contribution in [3.8, 4) is 6.07 Å². The zero-order chi connectivity index (χ0) is 32.6. The molecule has 0 fully saturated rings. The molecule has 0 saturated carbocycles. The summed E-state index contributed by atoms with van der Waals surface area (Å²) in [6.45, 7) is 4.47. The second kappa shape index (κ2) is 14.7. The number of anilines is 2. The van der Waals surface area contributed by atoms with Gasteiger partial charge in [0.2, 0.25) is 11.8 Å². The van der Waals surface area contributed by atoms with Gasteiger partial charge in [-0.3, -0.25) is 19.2 Å². The van der Waals surface area contributed by atoms with Crippen LogP contribution >= 0.6 is 23.1 Å². The molecular formula is C35H31N5O4S2. The third-order valence-electron chi connectivity index (χ3n) is 7.25. The number of thioether (sulfide) groups is 1. The van der Waals surface area contributed by atoms with Crippen molar-refractivity contribution in [2.45, 2.75) is 31.7 Å². The maximum atomic E-state index is 13.4. The van der Waals surface area contributed by atoms with Crippen LogP contribution < -0.4 is 16.0 Å². The lowest BCUT2D eigenvalue weighted by molar-refractivity contribution is -0.129. The summed E-state index contributed by atoms with van der Waals surface area (Å²) in [6.07, 6.45) is 2.20. The smallest absolute Gasteiger partial charge is 0.272 e. The van der Waals surface area contributed by atoms with Gasteiger partial charge in [0.25, 0.3) is 11.8 Å². The summed E-state index contributed by atoms with van der Waals surface area (Å²) >= 11 is 2.62. The predicted molar refractivity (Wildman–Crippen MR) is 181 cm³/mol. The van der Waals surface area contributed by atoms with Crippen molar-refractivity contribution in [1.82, 2.24) is 10.2 Å². The monoisotopic (exact) mass is 649 g/mol. The molecule has 2 heterocycles. The number of carbonyl (C=O) groups is 4. The van der Waals surface area contributed by atoms with Crippen molar-refractivity contribution in [3.63, 3.8) is 0 Å². The van der Waals surface area contributed by atoms with Gasteiger partial charge in [0.1, 0.15) is 16.8 Å². The van der Waals surface area contributed by atoms with E-state index < -0.39 is 11.8 Å². The van der Waals surface area contributed by atoms with E-state index in [4.69, 9.17) is 0 Å². The Labute approximate surface area is 275 Å². The van der Waals surface area contributed by atoms with Crippen molar-refractivity contribution < 1.29 is 19.2 Å². The summed E-state index contributed by atoms with van der Waals surface area (Å²) in [7, 11) is 0. The molecule has 4 aromatic rings. The number of hydrogen-bond acceptors (Lipinski definition) is 7. The van der Waals surface area contributed by atoms with Crippen LogP contribution in [0.15, 0.2) is 89.5 Å². The number of aryl methyl sites for hydroxylation is 1. The fraction of sp³-hybridized carbons (Fsp3) is 0.171. The Bertz CT molecular complexity index is 1860. The number of carbonyl (C=O) groups excluding carboxylic acids is 4. The number of amides is 4. The average Bonchev–Trinajstić information content (AvgIpc) is 3.40. The maximum Gasteiger partial charge on any atom is 0.272 e. The average molecular weight is 650 g/mol. The Morgan fingerprint density at radius 1 is 1.00 bits per heavy atom. The molecule has 1 aliphatic rings. The molecule has 3 aromatic carbocycles. The summed E-state index contributed by atoms with van der Waals surface area (Å²) in [4.78, 5) is 54.4. The Balaban J connectivity index is 1.24. The van der Waals surface area contributed by atoms with Crippen LogP contribution in [0.3, 0.4) is 0 Å². The number of nitrogens with one attached hydrogen (secondary N) is 3.